The summed E-state index contributed by atoms with van der Waals surface area (Å²) in [4.78, 5) is 16.4. The molecule has 3 aromatic rings. The molecule has 1 N–H and O–H groups in total. The number of hydrogen-bond donors (Lipinski definition) is 1. The van der Waals surface area contributed by atoms with Crippen LogP contribution >= 0.6 is 11.6 Å². The number of hydrogen-bond acceptors (Lipinski definition) is 3. The number of nitrogens with zero attached hydrogens (tertiary/aromatic N) is 1. The Morgan fingerprint density at radius 2 is 1.65 bits per heavy atom. The molecule has 1 aromatic heterocycles. The average molecular weight is 367 g/mol. The first kappa shape index (κ1) is 18.1. The van der Waals surface area contributed by atoms with Gasteiger partial charge in [-0.25, -0.2) is 4.98 Å². The van der Waals surface area contributed by atoms with Crippen LogP contribution in [0.5, 0.6) is 0 Å². The molecule has 0 radical (unpaired) electrons. The van der Waals surface area contributed by atoms with Crippen molar-refractivity contribution >= 4 is 23.2 Å². The number of aromatic nitrogens is 1. The van der Waals surface area contributed by atoms with Crippen LogP contribution in [0.1, 0.15) is 27.2 Å². The summed E-state index contributed by atoms with van der Waals surface area (Å²) < 4.78 is 5.71. The van der Waals surface area contributed by atoms with E-state index in [1.807, 2.05) is 54.6 Å². The molecule has 4 nitrogen and oxygen atoms in total. The summed E-state index contributed by atoms with van der Waals surface area (Å²) in [6, 6.07) is 20.9. The second-order valence-corrected chi connectivity index (χ2v) is 6.34. The molecule has 1 heterocycles. The van der Waals surface area contributed by atoms with Crippen LogP contribution in [-0.4, -0.2) is 10.9 Å². The number of carbonyl (C=O) groups is 1. The predicted octanol–water partition coefficient (Wildman–Crippen LogP) is 5.01. The van der Waals surface area contributed by atoms with E-state index in [0.717, 1.165) is 11.1 Å². The van der Waals surface area contributed by atoms with Gasteiger partial charge in [0.25, 0.3) is 5.91 Å². The van der Waals surface area contributed by atoms with Crippen molar-refractivity contribution in [2.75, 3.05) is 5.32 Å². The molecule has 0 aliphatic carbocycles. The van der Waals surface area contributed by atoms with Gasteiger partial charge in [0, 0.05) is 16.9 Å². The predicted molar refractivity (Wildman–Crippen MR) is 103 cm³/mol. The molecule has 0 saturated carbocycles. The Balaban J connectivity index is 1.54. The lowest BCUT2D eigenvalue weighted by molar-refractivity contribution is 0.102. The van der Waals surface area contributed by atoms with Crippen LogP contribution in [0, 0.1) is 6.92 Å². The Morgan fingerprint density at radius 3 is 2.31 bits per heavy atom. The number of anilines is 1. The highest BCUT2D eigenvalue weighted by Crippen LogP contribution is 2.15. The van der Waals surface area contributed by atoms with Crippen LogP contribution < -0.4 is 5.32 Å². The number of carbonyl (C=O) groups excluding carboxylic acids is 1. The van der Waals surface area contributed by atoms with Crippen molar-refractivity contribution < 1.29 is 9.53 Å². The summed E-state index contributed by atoms with van der Waals surface area (Å²) in [5, 5.41) is 3.16. The number of rotatable bonds is 6. The zero-order chi connectivity index (χ0) is 18.4. The third kappa shape index (κ3) is 5.15. The fraction of sp³-hybridized carbons (Fsp3) is 0.143. The van der Waals surface area contributed by atoms with Crippen molar-refractivity contribution in [3.63, 3.8) is 0 Å². The smallest absolute Gasteiger partial charge is 0.255 e. The quantitative estimate of drug-likeness (QED) is 0.624. The van der Waals surface area contributed by atoms with Crippen molar-refractivity contribution in [1.82, 2.24) is 4.98 Å². The van der Waals surface area contributed by atoms with Gasteiger partial charge >= 0.3 is 0 Å². The van der Waals surface area contributed by atoms with Gasteiger partial charge in [0.2, 0.25) is 0 Å². The molecule has 3 rings (SSSR count). The maximum absolute atomic E-state index is 12.3. The van der Waals surface area contributed by atoms with Crippen LogP contribution in [0.2, 0.25) is 5.15 Å². The van der Waals surface area contributed by atoms with E-state index in [-0.39, 0.29) is 5.91 Å². The van der Waals surface area contributed by atoms with E-state index in [0.29, 0.717) is 35.3 Å². The SMILES string of the molecule is Cc1cc(C(=O)Nc2ccc(COCc3ccccc3)cc2)cc(Cl)n1. The maximum Gasteiger partial charge on any atom is 0.255 e. The van der Waals surface area contributed by atoms with Crippen molar-refractivity contribution in [3.05, 3.63) is 94.3 Å². The second kappa shape index (κ2) is 8.61. The van der Waals surface area contributed by atoms with Gasteiger partial charge in [0.1, 0.15) is 5.15 Å². The number of benzene rings is 2. The Kier molecular flexibility index (Phi) is 6.00. The molecule has 132 valence electrons. The zero-order valence-corrected chi connectivity index (χ0v) is 15.2. The first-order chi connectivity index (χ1) is 12.6. The molecule has 0 unspecified atom stereocenters. The van der Waals surface area contributed by atoms with Crippen molar-refractivity contribution in [3.8, 4) is 0 Å². The minimum absolute atomic E-state index is 0.217. The molecule has 0 spiro atoms. The maximum atomic E-state index is 12.3. The highest BCUT2D eigenvalue weighted by Gasteiger charge is 2.08. The second-order valence-electron chi connectivity index (χ2n) is 5.95. The lowest BCUT2D eigenvalue weighted by Crippen LogP contribution is -2.12. The Morgan fingerprint density at radius 1 is 1.00 bits per heavy atom. The summed E-state index contributed by atoms with van der Waals surface area (Å²) in [6.07, 6.45) is 0. The first-order valence-corrected chi connectivity index (χ1v) is 8.64. The molecule has 0 saturated heterocycles. The molecule has 2 aromatic carbocycles. The van der Waals surface area contributed by atoms with Crippen LogP contribution in [-0.2, 0) is 18.0 Å². The van der Waals surface area contributed by atoms with Crippen LogP contribution in [0.15, 0.2) is 66.7 Å². The molecule has 5 heteroatoms. The summed E-state index contributed by atoms with van der Waals surface area (Å²) in [5.41, 5.74) is 4.09. The van der Waals surface area contributed by atoms with Crippen LogP contribution in [0.25, 0.3) is 0 Å². The zero-order valence-electron chi connectivity index (χ0n) is 14.4. The monoisotopic (exact) mass is 366 g/mol. The topological polar surface area (TPSA) is 51.2 Å². The van der Waals surface area contributed by atoms with E-state index < -0.39 is 0 Å². The van der Waals surface area contributed by atoms with Crippen molar-refractivity contribution in [2.24, 2.45) is 0 Å². The van der Waals surface area contributed by atoms with Gasteiger partial charge in [-0.15, -0.1) is 0 Å². The normalized spacial score (nSPS) is 10.5. The molecular formula is C21H19ClN2O2. The lowest BCUT2D eigenvalue weighted by atomic mass is 10.2. The van der Waals surface area contributed by atoms with Gasteiger partial charge in [-0.05, 0) is 42.3 Å². The van der Waals surface area contributed by atoms with Gasteiger partial charge in [-0.2, -0.15) is 0 Å². The number of nitrogens with one attached hydrogen (secondary N) is 1. The van der Waals surface area contributed by atoms with Gasteiger partial charge in [-0.1, -0.05) is 54.1 Å². The van der Waals surface area contributed by atoms with Crippen LogP contribution in [0.4, 0.5) is 5.69 Å². The molecule has 26 heavy (non-hydrogen) atoms. The first-order valence-electron chi connectivity index (χ1n) is 8.26. The Hall–Kier alpha value is -2.69. The Bertz CT molecular complexity index is 860. The fourth-order valence-electron chi connectivity index (χ4n) is 2.51. The van der Waals surface area contributed by atoms with Crippen LogP contribution in [0.3, 0.4) is 0 Å². The minimum atomic E-state index is -0.217. The third-order valence-electron chi connectivity index (χ3n) is 3.78. The minimum Gasteiger partial charge on any atom is -0.372 e. The number of pyridine rings is 1. The van der Waals surface area contributed by atoms with E-state index in [9.17, 15) is 4.79 Å². The highest BCUT2D eigenvalue weighted by molar-refractivity contribution is 6.29. The molecule has 0 bridgehead atoms. The van der Waals surface area contributed by atoms with E-state index in [2.05, 4.69) is 10.3 Å². The van der Waals surface area contributed by atoms with E-state index >= 15 is 0 Å². The standard InChI is InChI=1S/C21H19ClN2O2/c1-15-11-18(12-20(22)23-15)21(25)24-19-9-7-17(8-10-19)14-26-13-16-5-3-2-4-6-16/h2-12H,13-14H2,1H3,(H,24,25). The number of aryl methyl sites for hydroxylation is 1. The van der Waals surface area contributed by atoms with Gasteiger partial charge in [0.15, 0.2) is 0 Å². The number of amides is 1. The van der Waals surface area contributed by atoms with E-state index in [4.69, 9.17) is 16.3 Å². The van der Waals surface area contributed by atoms with Crippen molar-refractivity contribution in [1.29, 1.82) is 0 Å². The molecule has 0 atom stereocenters. The summed E-state index contributed by atoms with van der Waals surface area (Å²) in [7, 11) is 0. The fourth-order valence-corrected chi connectivity index (χ4v) is 2.76. The van der Waals surface area contributed by atoms with Gasteiger partial charge < -0.3 is 10.1 Å². The largest absolute Gasteiger partial charge is 0.372 e. The summed E-state index contributed by atoms with van der Waals surface area (Å²) in [5.74, 6) is -0.217. The number of ether oxygens (including phenoxy) is 1. The highest BCUT2D eigenvalue weighted by atomic mass is 35.5. The third-order valence-corrected chi connectivity index (χ3v) is 3.97. The van der Waals surface area contributed by atoms with Gasteiger partial charge in [0.05, 0.1) is 13.2 Å². The molecule has 0 aliphatic heterocycles. The summed E-state index contributed by atoms with van der Waals surface area (Å²) >= 11 is 5.91. The van der Waals surface area contributed by atoms with Gasteiger partial charge in [-0.3, -0.25) is 4.79 Å². The lowest BCUT2D eigenvalue weighted by Gasteiger charge is -2.08. The van der Waals surface area contributed by atoms with E-state index in [1.165, 1.54) is 0 Å². The molecule has 1 amide bonds. The molecular weight excluding hydrogens is 348 g/mol. The Labute approximate surface area is 157 Å². The summed E-state index contributed by atoms with van der Waals surface area (Å²) in [6.45, 7) is 2.89. The molecule has 0 aliphatic rings. The number of halogens is 1. The van der Waals surface area contributed by atoms with Crippen molar-refractivity contribution in [2.45, 2.75) is 20.1 Å². The van der Waals surface area contributed by atoms with E-state index in [1.54, 1.807) is 19.1 Å². The molecule has 0 fully saturated rings. The average Bonchev–Trinajstić information content (AvgIpc) is 2.63.